The molecule has 2 atom stereocenters. The molecule has 0 spiro atoms. The van der Waals surface area contributed by atoms with Crippen molar-refractivity contribution in [2.45, 2.75) is 193 Å². The SMILES string of the molecule is CCCCCCC/C=C\C/C=C\CCCCCCCCCCCCCC(=O)OC(COC(=O)CCCCCCC)COC(OCC[N+](C)(C)C)C(=O)[O-]. The van der Waals surface area contributed by atoms with Crippen LogP contribution in [0.1, 0.15) is 181 Å². The first-order valence-corrected chi connectivity index (χ1v) is 21.5. The molecule has 2 unspecified atom stereocenters. The van der Waals surface area contributed by atoms with Gasteiger partial charge in [-0.05, 0) is 44.9 Å². The summed E-state index contributed by atoms with van der Waals surface area (Å²) >= 11 is 0. The third-order valence-corrected chi connectivity index (χ3v) is 9.20. The molecule has 0 saturated heterocycles. The highest BCUT2D eigenvalue weighted by Crippen LogP contribution is 2.14. The van der Waals surface area contributed by atoms with Gasteiger partial charge in [0.25, 0.3) is 0 Å². The molecular formula is C44H81NO8. The third kappa shape index (κ3) is 37.9. The summed E-state index contributed by atoms with van der Waals surface area (Å²) < 4.78 is 22.3. The molecule has 0 rings (SSSR count). The molecule has 0 amide bonds. The Morgan fingerprint density at radius 2 is 1.02 bits per heavy atom. The average Bonchev–Trinajstić information content (AvgIpc) is 3.11. The number of hydrogen-bond acceptors (Lipinski definition) is 8. The molecule has 0 aromatic heterocycles. The van der Waals surface area contributed by atoms with Gasteiger partial charge in [-0.3, -0.25) is 9.59 Å². The molecule has 9 nitrogen and oxygen atoms in total. The highest BCUT2D eigenvalue weighted by molar-refractivity contribution is 5.70. The van der Waals surface area contributed by atoms with Crippen LogP contribution in [0.5, 0.6) is 0 Å². The Morgan fingerprint density at radius 3 is 1.49 bits per heavy atom. The molecule has 0 bridgehead atoms. The minimum Gasteiger partial charge on any atom is -0.545 e. The Bertz CT molecular complexity index is 929. The predicted molar refractivity (Wildman–Crippen MR) is 214 cm³/mol. The van der Waals surface area contributed by atoms with Crippen molar-refractivity contribution in [3.8, 4) is 0 Å². The number of nitrogens with zero attached hydrogens (tertiary/aromatic N) is 1. The lowest BCUT2D eigenvalue weighted by molar-refractivity contribution is -0.870. The van der Waals surface area contributed by atoms with E-state index in [1.807, 2.05) is 21.1 Å². The van der Waals surface area contributed by atoms with Gasteiger partial charge in [0, 0.05) is 12.8 Å². The van der Waals surface area contributed by atoms with E-state index in [0.29, 0.717) is 17.4 Å². The minimum atomic E-state index is -1.61. The van der Waals surface area contributed by atoms with Crippen LogP contribution in [0, 0.1) is 0 Å². The fourth-order valence-corrected chi connectivity index (χ4v) is 5.80. The molecule has 0 fully saturated rings. The topological polar surface area (TPSA) is 111 Å². The maximum Gasteiger partial charge on any atom is 0.306 e. The van der Waals surface area contributed by atoms with Crippen LogP contribution in [-0.4, -0.2) is 82.3 Å². The maximum absolute atomic E-state index is 12.7. The molecule has 0 aliphatic rings. The number of aliphatic carboxylic acids is 1. The van der Waals surface area contributed by atoms with Gasteiger partial charge in [0.15, 0.2) is 12.4 Å². The highest BCUT2D eigenvalue weighted by atomic mass is 16.7. The van der Waals surface area contributed by atoms with E-state index >= 15 is 0 Å². The molecule has 310 valence electrons. The lowest BCUT2D eigenvalue weighted by Crippen LogP contribution is -2.44. The van der Waals surface area contributed by atoms with Crippen molar-refractivity contribution >= 4 is 17.9 Å². The first kappa shape index (κ1) is 50.8. The summed E-state index contributed by atoms with van der Waals surface area (Å²) in [5, 5.41) is 11.6. The van der Waals surface area contributed by atoms with Crippen LogP contribution >= 0.6 is 0 Å². The molecule has 0 N–H and O–H groups in total. The summed E-state index contributed by atoms with van der Waals surface area (Å²) in [4.78, 5) is 36.6. The van der Waals surface area contributed by atoms with Crippen LogP contribution in [0.3, 0.4) is 0 Å². The number of ether oxygens (including phenoxy) is 4. The second-order valence-electron chi connectivity index (χ2n) is 15.6. The number of unbranched alkanes of at least 4 members (excludes halogenated alkanes) is 20. The molecule has 0 aromatic rings. The zero-order valence-electron chi connectivity index (χ0n) is 34.9. The summed E-state index contributed by atoms with van der Waals surface area (Å²) in [6.07, 6.45) is 35.4. The van der Waals surface area contributed by atoms with E-state index in [0.717, 1.165) is 57.8 Å². The Morgan fingerprint density at radius 1 is 0.566 bits per heavy atom. The van der Waals surface area contributed by atoms with E-state index in [4.69, 9.17) is 18.9 Å². The monoisotopic (exact) mass is 752 g/mol. The number of quaternary nitrogens is 1. The van der Waals surface area contributed by atoms with Crippen LogP contribution in [0.4, 0.5) is 0 Å². The number of esters is 2. The van der Waals surface area contributed by atoms with Gasteiger partial charge in [0.05, 0.1) is 40.3 Å². The van der Waals surface area contributed by atoms with Gasteiger partial charge in [-0.2, -0.15) is 0 Å². The van der Waals surface area contributed by atoms with Gasteiger partial charge < -0.3 is 33.3 Å². The molecule has 9 heteroatoms. The maximum atomic E-state index is 12.7. The quantitative estimate of drug-likeness (QED) is 0.0201. The number of carbonyl (C=O) groups excluding carboxylic acids is 3. The van der Waals surface area contributed by atoms with Crippen LogP contribution in [0.25, 0.3) is 0 Å². The number of carboxylic acids is 1. The molecule has 0 aliphatic carbocycles. The fourth-order valence-electron chi connectivity index (χ4n) is 5.80. The summed E-state index contributed by atoms with van der Waals surface area (Å²) in [6.45, 7) is 4.63. The van der Waals surface area contributed by atoms with E-state index in [9.17, 15) is 19.5 Å². The molecular weight excluding hydrogens is 670 g/mol. The Hall–Kier alpha value is -2.23. The average molecular weight is 752 g/mol. The van der Waals surface area contributed by atoms with Gasteiger partial charge in [0.1, 0.15) is 13.2 Å². The Kier molecular flexibility index (Phi) is 35.2. The van der Waals surface area contributed by atoms with Gasteiger partial charge in [0.2, 0.25) is 0 Å². The molecule has 0 saturated carbocycles. The number of hydrogen-bond donors (Lipinski definition) is 0. The summed E-state index contributed by atoms with van der Waals surface area (Å²) in [6, 6.07) is 0. The molecule has 0 radical (unpaired) electrons. The van der Waals surface area contributed by atoms with Gasteiger partial charge in [-0.1, -0.05) is 147 Å². The standard InChI is InChI=1S/C44H81NO8/c1-6-8-10-12-13-14-15-16-17-18-19-20-21-22-23-24-25-26-27-28-29-31-33-35-42(47)53-40(38-51-41(46)34-32-30-11-9-7-2)39-52-44(43(48)49)50-37-36-45(3,4)5/h15-16,18-19,40,44H,6-14,17,20-39H2,1-5H3/b16-15-,19-18-. The van der Waals surface area contributed by atoms with Crippen molar-refractivity contribution in [3.05, 3.63) is 24.3 Å². The fraction of sp³-hybridized carbons (Fsp3) is 0.841. The van der Waals surface area contributed by atoms with Gasteiger partial charge in [-0.15, -0.1) is 0 Å². The lowest BCUT2D eigenvalue weighted by atomic mass is 10.0. The minimum absolute atomic E-state index is 0.148. The first-order chi connectivity index (χ1) is 25.6. The number of rotatable bonds is 39. The van der Waals surface area contributed by atoms with Gasteiger partial charge in [-0.25, -0.2) is 0 Å². The van der Waals surface area contributed by atoms with E-state index < -0.39 is 24.3 Å². The van der Waals surface area contributed by atoms with Crippen molar-refractivity contribution in [2.75, 3.05) is 47.5 Å². The van der Waals surface area contributed by atoms with E-state index in [1.165, 1.54) is 89.9 Å². The predicted octanol–water partition coefficient (Wildman–Crippen LogP) is 9.55. The number of carboxylic acid groups (broad SMARTS) is 1. The smallest absolute Gasteiger partial charge is 0.306 e. The zero-order chi connectivity index (χ0) is 39.3. The summed E-state index contributed by atoms with van der Waals surface area (Å²) in [7, 11) is 5.89. The first-order valence-electron chi connectivity index (χ1n) is 21.5. The second-order valence-corrected chi connectivity index (χ2v) is 15.6. The zero-order valence-corrected chi connectivity index (χ0v) is 34.9. The van der Waals surface area contributed by atoms with Crippen molar-refractivity contribution in [1.29, 1.82) is 0 Å². The molecule has 0 heterocycles. The van der Waals surface area contributed by atoms with Crippen LogP contribution in [0.2, 0.25) is 0 Å². The second kappa shape index (κ2) is 36.7. The van der Waals surface area contributed by atoms with E-state index in [1.54, 1.807) is 0 Å². The van der Waals surface area contributed by atoms with Crippen molar-refractivity contribution < 1.29 is 42.9 Å². The van der Waals surface area contributed by atoms with Crippen molar-refractivity contribution in [2.24, 2.45) is 0 Å². The number of carbonyl (C=O) groups is 3. The number of likely N-dealkylation sites (N-methyl/N-ethyl adjacent to an activating group) is 1. The van der Waals surface area contributed by atoms with Crippen molar-refractivity contribution in [3.63, 3.8) is 0 Å². The summed E-state index contributed by atoms with van der Waals surface area (Å²) in [5.74, 6) is -2.30. The normalized spacial score (nSPS) is 13.2. The van der Waals surface area contributed by atoms with Crippen LogP contribution in [-0.2, 0) is 33.3 Å². The van der Waals surface area contributed by atoms with E-state index in [-0.39, 0.29) is 38.6 Å². The molecule has 0 aromatic carbocycles. The van der Waals surface area contributed by atoms with Crippen molar-refractivity contribution in [1.82, 2.24) is 0 Å². The number of allylic oxidation sites excluding steroid dienone is 4. The van der Waals surface area contributed by atoms with Gasteiger partial charge >= 0.3 is 11.9 Å². The van der Waals surface area contributed by atoms with Crippen LogP contribution < -0.4 is 5.11 Å². The Balaban J connectivity index is 4.18. The highest BCUT2D eigenvalue weighted by Gasteiger charge is 2.21. The summed E-state index contributed by atoms with van der Waals surface area (Å²) in [5.41, 5.74) is 0. The van der Waals surface area contributed by atoms with E-state index in [2.05, 4.69) is 38.2 Å². The Labute approximate surface area is 325 Å². The molecule has 0 aliphatic heterocycles. The largest absolute Gasteiger partial charge is 0.545 e. The molecule has 53 heavy (non-hydrogen) atoms. The third-order valence-electron chi connectivity index (χ3n) is 9.20. The lowest BCUT2D eigenvalue weighted by Gasteiger charge is -2.26. The van der Waals surface area contributed by atoms with Crippen LogP contribution in [0.15, 0.2) is 24.3 Å².